The van der Waals surface area contributed by atoms with E-state index in [1.807, 2.05) is 26.1 Å². The van der Waals surface area contributed by atoms with Gasteiger partial charge >= 0.3 is 6.03 Å². The Morgan fingerprint density at radius 3 is 2.64 bits per heavy atom. The number of urea groups is 1. The Kier molecular flexibility index (Phi) is 8.82. The number of hydrogen-bond donors (Lipinski definition) is 3. The number of aliphatic hydroxyl groups excluding tert-OH is 1. The number of fused-ring (bicyclic) bond motifs is 1. The largest absolute Gasteiger partial charge is 0.488 e. The fraction of sp³-hybridized carbons (Fsp3) is 0.429. The van der Waals surface area contributed by atoms with Gasteiger partial charge in [-0.25, -0.2) is 4.79 Å². The van der Waals surface area contributed by atoms with E-state index in [4.69, 9.17) is 9.26 Å². The minimum Gasteiger partial charge on any atom is -0.488 e. The first-order valence-corrected chi connectivity index (χ1v) is 13.0. The van der Waals surface area contributed by atoms with Gasteiger partial charge < -0.3 is 29.9 Å². The summed E-state index contributed by atoms with van der Waals surface area (Å²) in [7, 11) is 2.03. The normalized spacial score (nSPS) is 18.1. The summed E-state index contributed by atoms with van der Waals surface area (Å²) in [6.45, 7) is 8.90. The number of nitrogens with zero attached hydrogens (tertiary/aromatic N) is 4. The molecule has 0 radical (unpaired) electrons. The second-order valence-electron chi connectivity index (χ2n) is 10.2. The molecule has 0 unspecified atom stereocenters. The number of aryl methyl sites for hydroxylation is 2. The van der Waals surface area contributed by atoms with Gasteiger partial charge in [-0.05, 0) is 63.7 Å². The number of carbonyl (C=O) groups is 2. The SMILES string of the molecule is Cc1noc(C)c1NC(=O)Nc1ccc2c(c1)C(=O)N([C@@H](C)CO)C[C@H](C)[C@H](CN(C)Cc1ccncc1)O2. The van der Waals surface area contributed by atoms with Crippen LogP contribution < -0.4 is 15.4 Å². The highest BCUT2D eigenvalue weighted by Gasteiger charge is 2.33. The summed E-state index contributed by atoms with van der Waals surface area (Å²) in [4.78, 5) is 34.3. The molecule has 3 amide bonds. The predicted molar refractivity (Wildman–Crippen MR) is 147 cm³/mol. The average Bonchev–Trinajstić information content (AvgIpc) is 3.23. The highest BCUT2D eigenvalue weighted by Crippen LogP contribution is 2.31. The summed E-state index contributed by atoms with van der Waals surface area (Å²) in [5.41, 5.74) is 2.94. The first kappa shape index (κ1) is 28.1. The number of amides is 3. The number of pyridine rings is 1. The molecule has 11 heteroatoms. The lowest BCUT2D eigenvalue weighted by Gasteiger charge is -2.38. The van der Waals surface area contributed by atoms with Crippen molar-refractivity contribution < 1.29 is 24.0 Å². The molecule has 1 aromatic carbocycles. The lowest BCUT2D eigenvalue weighted by molar-refractivity contribution is 0.0341. The summed E-state index contributed by atoms with van der Waals surface area (Å²) in [5.74, 6) is 0.652. The molecule has 4 rings (SSSR count). The van der Waals surface area contributed by atoms with Crippen LogP contribution in [0.4, 0.5) is 16.2 Å². The Balaban J connectivity index is 1.57. The molecule has 3 heterocycles. The van der Waals surface area contributed by atoms with Crippen molar-refractivity contribution in [3.05, 3.63) is 65.3 Å². The van der Waals surface area contributed by atoms with Crippen molar-refractivity contribution in [2.75, 3.05) is 37.4 Å². The number of benzene rings is 1. The summed E-state index contributed by atoms with van der Waals surface area (Å²) in [6.07, 6.45) is 3.32. The van der Waals surface area contributed by atoms with Gasteiger partial charge in [0, 0.05) is 43.6 Å². The molecular formula is C28H36N6O5. The molecule has 0 saturated carbocycles. The zero-order valence-corrected chi connectivity index (χ0v) is 23.0. The number of aliphatic hydroxyl groups is 1. The van der Waals surface area contributed by atoms with E-state index in [-0.39, 0.29) is 30.6 Å². The van der Waals surface area contributed by atoms with Crippen molar-refractivity contribution in [2.24, 2.45) is 5.92 Å². The van der Waals surface area contributed by atoms with Crippen molar-refractivity contribution in [1.29, 1.82) is 0 Å². The number of aromatic nitrogens is 2. The van der Waals surface area contributed by atoms with E-state index in [1.165, 1.54) is 0 Å². The number of ether oxygens (including phenoxy) is 1. The first-order chi connectivity index (χ1) is 18.7. The van der Waals surface area contributed by atoms with Gasteiger partial charge in [0.05, 0.1) is 18.2 Å². The molecule has 1 aliphatic rings. The highest BCUT2D eigenvalue weighted by molar-refractivity contribution is 6.03. The van der Waals surface area contributed by atoms with Crippen molar-refractivity contribution in [3.8, 4) is 5.75 Å². The smallest absolute Gasteiger partial charge is 0.323 e. The van der Waals surface area contributed by atoms with Crippen LogP contribution in [-0.4, -0.2) is 75.9 Å². The summed E-state index contributed by atoms with van der Waals surface area (Å²) >= 11 is 0. The maximum Gasteiger partial charge on any atom is 0.323 e. The van der Waals surface area contributed by atoms with E-state index in [1.54, 1.807) is 49.3 Å². The van der Waals surface area contributed by atoms with Gasteiger partial charge in [-0.15, -0.1) is 0 Å². The quantitative estimate of drug-likeness (QED) is 0.397. The van der Waals surface area contributed by atoms with Crippen LogP contribution in [0.2, 0.25) is 0 Å². The van der Waals surface area contributed by atoms with Crippen LogP contribution in [0.1, 0.15) is 41.2 Å². The molecule has 0 aliphatic carbocycles. The third-order valence-corrected chi connectivity index (χ3v) is 6.89. The third kappa shape index (κ3) is 6.73. The fourth-order valence-electron chi connectivity index (χ4n) is 4.63. The molecule has 0 bridgehead atoms. The lowest BCUT2D eigenvalue weighted by Crippen LogP contribution is -2.49. The van der Waals surface area contributed by atoms with Gasteiger partial charge in [-0.1, -0.05) is 12.1 Å². The summed E-state index contributed by atoms with van der Waals surface area (Å²) < 4.78 is 11.6. The van der Waals surface area contributed by atoms with E-state index in [0.29, 0.717) is 47.2 Å². The Morgan fingerprint density at radius 1 is 1.23 bits per heavy atom. The topological polar surface area (TPSA) is 133 Å². The lowest BCUT2D eigenvalue weighted by atomic mass is 9.99. The van der Waals surface area contributed by atoms with Gasteiger partial charge in [0.15, 0.2) is 5.76 Å². The molecule has 0 fully saturated rings. The van der Waals surface area contributed by atoms with Crippen LogP contribution in [-0.2, 0) is 6.54 Å². The van der Waals surface area contributed by atoms with Crippen LogP contribution in [0.25, 0.3) is 0 Å². The van der Waals surface area contributed by atoms with Gasteiger partial charge in [0.1, 0.15) is 23.2 Å². The van der Waals surface area contributed by atoms with E-state index < -0.39 is 6.03 Å². The van der Waals surface area contributed by atoms with Crippen LogP contribution in [0, 0.1) is 19.8 Å². The predicted octanol–water partition coefficient (Wildman–Crippen LogP) is 3.68. The Labute approximate surface area is 228 Å². The van der Waals surface area contributed by atoms with Crippen LogP contribution >= 0.6 is 0 Å². The van der Waals surface area contributed by atoms with E-state index in [2.05, 4.69) is 32.6 Å². The standard InChI is InChI=1S/C28H36N6O5/c1-17-13-34(18(2)16-35)27(36)23-12-22(30-28(37)31-26-19(3)32-39-20(26)4)6-7-24(23)38-25(17)15-33(5)14-21-8-10-29-11-9-21/h6-12,17-18,25,35H,13-16H2,1-5H3,(H2,30,31,37)/t17-,18-,25-/m0/s1. The molecule has 39 heavy (non-hydrogen) atoms. The molecule has 2 aromatic heterocycles. The number of likely N-dealkylation sites (N-methyl/N-ethyl adjacent to an activating group) is 1. The zero-order chi connectivity index (χ0) is 28.1. The molecule has 11 nitrogen and oxygen atoms in total. The summed E-state index contributed by atoms with van der Waals surface area (Å²) in [6, 6.07) is 8.09. The van der Waals surface area contributed by atoms with Crippen molar-refractivity contribution in [1.82, 2.24) is 19.9 Å². The molecule has 3 atom stereocenters. The maximum absolute atomic E-state index is 13.7. The molecule has 1 aliphatic heterocycles. The third-order valence-electron chi connectivity index (χ3n) is 6.89. The number of hydrogen-bond acceptors (Lipinski definition) is 8. The summed E-state index contributed by atoms with van der Waals surface area (Å²) in [5, 5.41) is 19.2. The molecule has 0 saturated heterocycles. The van der Waals surface area contributed by atoms with Crippen LogP contribution in [0.15, 0.2) is 47.2 Å². The van der Waals surface area contributed by atoms with Crippen LogP contribution in [0.5, 0.6) is 5.75 Å². The van der Waals surface area contributed by atoms with Crippen molar-refractivity contribution in [3.63, 3.8) is 0 Å². The number of nitrogens with one attached hydrogen (secondary N) is 2. The molecular weight excluding hydrogens is 500 g/mol. The minimum absolute atomic E-state index is 0.00498. The number of rotatable bonds is 8. The van der Waals surface area contributed by atoms with Crippen molar-refractivity contribution >= 4 is 23.3 Å². The highest BCUT2D eigenvalue weighted by atomic mass is 16.5. The van der Waals surface area contributed by atoms with Crippen molar-refractivity contribution in [2.45, 2.75) is 46.4 Å². The maximum atomic E-state index is 13.7. The minimum atomic E-state index is -0.492. The van der Waals surface area contributed by atoms with E-state index in [0.717, 1.165) is 12.1 Å². The molecule has 3 aromatic rings. The van der Waals surface area contributed by atoms with Gasteiger partial charge in [-0.3, -0.25) is 14.7 Å². The average molecular weight is 537 g/mol. The van der Waals surface area contributed by atoms with Gasteiger partial charge in [-0.2, -0.15) is 0 Å². The second-order valence-corrected chi connectivity index (χ2v) is 10.2. The second kappa shape index (κ2) is 12.3. The van der Waals surface area contributed by atoms with E-state index in [9.17, 15) is 14.7 Å². The monoisotopic (exact) mass is 536 g/mol. The number of carbonyl (C=O) groups excluding carboxylic acids is 2. The Morgan fingerprint density at radius 2 is 1.97 bits per heavy atom. The van der Waals surface area contributed by atoms with Gasteiger partial charge in [0.25, 0.3) is 5.91 Å². The fourth-order valence-corrected chi connectivity index (χ4v) is 4.63. The molecule has 0 spiro atoms. The van der Waals surface area contributed by atoms with Gasteiger partial charge in [0.2, 0.25) is 0 Å². The Hall–Kier alpha value is -3.96. The zero-order valence-electron chi connectivity index (χ0n) is 23.0. The first-order valence-electron chi connectivity index (χ1n) is 13.0. The molecule has 208 valence electrons. The molecule has 3 N–H and O–H groups in total. The number of anilines is 2. The van der Waals surface area contributed by atoms with Crippen LogP contribution in [0.3, 0.4) is 0 Å². The van der Waals surface area contributed by atoms with E-state index >= 15 is 0 Å². The Bertz CT molecular complexity index is 1280.